The van der Waals surface area contributed by atoms with Gasteiger partial charge in [-0.2, -0.15) is 0 Å². The van der Waals surface area contributed by atoms with Crippen LogP contribution in [0.25, 0.3) is 16.3 Å². The lowest BCUT2D eigenvalue weighted by Gasteiger charge is -2.26. The Hall–Kier alpha value is -2.80. The van der Waals surface area contributed by atoms with Crippen molar-refractivity contribution in [1.82, 2.24) is 0 Å². The molecule has 1 heteroatoms. The maximum absolute atomic E-state index is 6.16. The SMILES string of the molecule is Cc1ccc(Cc2cccc3ccc4c(c23)CCC2=C4C=CCC2)cc1N. The van der Waals surface area contributed by atoms with Crippen molar-refractivity contribution in [3.63, 3.8) is 0 Å². The van der Waals surface area contributed by atoms with Gasteiger partial charge in [-0.15, -0.1) is 0 Å². The zero-order valence-electron chi connectivity index (χ0n) is 15.9. The van der Waals surface area contributed by atoms with Gasteiger partial charge in [0, 0.05) is 5.69 Å². The quantitative estimate of drug-likeness (QED) is 0.533. The van der Waals surface area contributed by atoms with Crippen LogP contribution in [0.15, 0.2) is 66.3 Å². The van der Waals surface area contributed by atoms with Gasteiger partial charge in [0.25, 0.3) is 0 Å². The second-order valence-electron chi connectivity index (χ2n) is 7.93. The molecule has 0 aromatic heterocycles. The molecule has 2 aliphatic carbocycles. The van der Waals surface area contributed by atoms with E-state index in [-0.39, 0.29) is 0 Å². The van der Waals surface area contributed by atoms with Crippen LogP contribution < -0.4 is 5.73 Å². The Morgan fingerprint density at radius 3 is 2.78 bits per heavy atom. The molecule has 0 unspecified atom stereocenters. The monoisotopic (exact) mass is 351 g/mol. The average molecular weight is 351 g/mol. The van der Waals surface area contributed by atoms with Gasteiger partial charge in [-0.3, -0.25) is 0 Å². The largest absolute Gasteiger partial charge is 0.399 e. The highest BCUT2D eigenvalue weighted by Gasteiger charge is 2.21. The molecule has 0 saturated heterocycles. The molecule has 0 radical (unpaired) electrons. The van der Waals surface area contributed by atoms with Crippen LogP contribution in [-0.2, 0) is 12.8 Å². The third-order valence-corrected chi connectivity index (χ3v) is 6.22. The van der Waals surface area contributed by atoms with Crippen LogP contribution in [0.1, 0.15) is 47.1 Å². The van der Waals surface area contributed by atoms with Gasteiger partial charge in [-0.1, -0.05) is 60.2 Å². The molecule has 0 fully saturated rings. The van der Waals surface area contributed by atoms with Crippen molar-refractivity contribution in [1.29, 1.82) is 0 Å². The van der Waals surface area contributed by atoms with E-state index in [2.05, 4.69) is 67.6 Å². The lowest BCUT2D eigenvalue weighted by Crippen LogP contribution is -2.08. The molecule has 1 nitrogen and oxygen atoms in total. The molecule has 134 valence electrons. The van der Waals surface area contributed by atoms with E-state index >= 15 is 0 Å². The van der Waals surface area contributed by atoms with Crippen LogP contribution in [0.3, 0.4) is 0 Å². The first kappa shape index (κ1) is 16.4. The molecule has 0 spiro atoms. The number of hydrogen-bond acceptors (Lipinski definition) is 1. The Balaban J connectivity index is 1.67. The normalized spacial score (nSPS) is 15.7. The number of allylic oxidation sites excluding steroid dienone is 4. The average Bonchev–Trinajstić information content (AvgIpc) is 2.70. The fourth-order valence-electron chi connectivity index (χ4n) is 4.74. The van der Waals surface area contributed by atoms with Crippen LogP contribution >= 0.6 is 0 Å². The second kappa shape index (κ2) is 6.42. The van der Waals surface area contributed by atoms with Crippen molar-refractivity contribution >= 4 is 22.0 Å². The number of fused-ring (bicyclic) bond motifs is 4. The maximum Gasteiger partial charge on any atom is 0.0346 e. The third kappa shape index (κ3) is 2.78. The maximum atomic E-state index is 6.16. The Morgan fingerprint density at radius 2 is 1.89 bits per heavy atom. The lowest BCUT2D eigenvalue weighted by atomic mass is 9.78. The summed E-state index contributed by atoms with van der Waals surface area (Å²) in [6, 6.07) is 17.9. The molecular weight excluding hydrogens is 326 g/mol. The molecule has 2 aliphatic rings. The summed E-state index contributed by atoms with van der Waals surface area (Å²) in [6.45, 7) is 2.07. The number of anilines is 1. The fraction of sp³-hybridized carbons (Fsp3) is 0.231. The van der Waals surface area contributed by atoms with Gasteiger partial charge in [0.05, 0.1) is 0 Å². The molecule has 27 heavy (non-hydrogen) atoms. The van der Waals surface area contributed by atoms with Gasteiger partial charge in [-0.25, -0.2) is 0 Å². The summed E-state index contributed by atoms with van der Waals surface area (Å²) in [4.78, 5) is 0. The number of nitrogens with two attached hydrogens (primary N) is 1. The summed E-state index contributed by atoms with van der Waals surface area (Å²) >= 11 is 0. The molecule has 0 amide bonds. The summed E-state index contributed by atoms with van der Waals surface area (Å²) in [5.41, 5.74) is 17.0. The van der Waals surface area contributed by atoms with Crippen molar-refractivity contribution in [2.75, 3.05) is 5.73 Å². The summed E-state index contributed by atoms with van der Waals surface area (Å²) in [5, 5.41) is 2.81. The highest BCUT2D eigenvalue weighted by molar-refractivity contribution is 5.96. The minimum atomic E-state index is 0.886. The van der Waals surface area contributed by atoms with E-state index in [1.165, 1.54) is 57.9 Å². The predicted molar refractivity (Wildman–Crippen MR) is 116 cm³/mol. The van der Waals surface area contributed by atoms with E-state index in [1.807, 2.05) is 0 Å². The molecule has 0 aliphatic heterocycles. The van der Waals surface area contributed by atoms with Crippen LogP contribution in [-0.4, -0.2) is 0 Å². The third-order valence-electron chi connectivity index (χ3n) is 6.22. The first-order valence-corrected chi connectivity index (χ1v) is 9.98. The van der Waals surface area contributed by atoms with E-state index in [9.17, 15) is 0 Å². The predicted octanol–water partition coefficient (Wildman–Crippen LogP) is 6.37. The number of rotatable bonds is 2. The van der Waals surface area contributed by atoms with Crippen LogP contribution in [0, 0.1) is 6.92 Å². The van der Waals surface area contributed by atoms with Gasteiger partial charge in [-0.05, 0) is 89.3 Å². The van der Waals surface area contributed by atoms with Gasteiger partial charge < -0.3 is 5.73 Å². The van der Waals surface area contributed by atoms with Crippen molar-refractivity contribution < 1.29 is 0 Å². The Morgan fingerprint density at radius 1 is 0.963 bits per heavy atom. The van der Waals surface area contributed by atoms with E-state index in [0.29, 0.717) is 0 Å². The van der Waals surface area contributed by atoms with Gasteiger partial charge >= 0.3 is 0 Å². The molecule has 0 saturated carbocycles. The fourth-order valence-corrected chi connectivity index (χ4v) is 4.74. The van der Waals surface area contributed by atoms with Crippen molar-refractivity contribution in [3.05, 3.63) is 94.1 Å². The minimum Gasteiger partial charge on any atom is -0.399 e. The summed E-state index contributed by atoms with van der Waals surface area (Å²) in [7, 11) is 0. The minimum absolute atomic E-state index is 0.886. The number of benzene rings is 3. The number of nitrogen functional groups attached to an aromatic ring is 1. The van der Waals surface area contributed by atoms with Crippen molar-refractivity contribution in [3.8, 4) is 0 Å². The molecule has 0 heterocycles. The zero-order valence-corrected chi connectivity index (χ0v) is 15.9. The van der Waals surface area contributed by atoms with E-state index in [0.717, 1.165) is 24.1 Å². The number of hydrogen-bond donors (Lipinski definition) is 1. The van der Waals surface area contributed by atoms with Crippen molar-refractivity contribution in [2.45, 2.75) is 39.0 Å². The molecule has 3 aromatic rings. The molecular formula is C26H25N. The standard InChI is InChI=1S/C26H25N/c1-17-9-10-18(16-25(17)27)15-21-7-4-6-20-12-13-23-22-8-3-2-5-19(22)11-14-24(23)26(20)21/h3-4,6-10,12-13,16H,2,5,11,14-15,27H2,1H3. The van der Waals surface area contributed by atoms with E-state index in [4.69, 9.17) is 5.73 Å². The Bertz CT molecular complexity index is 1110. The smallest absolute Gasteiger partial charge is 0.0346 e. The molecule has 0 atom stereocenters. The van der Waals surface area contributed by atoms with Crippen LogP contribution in [0.2, 0.25) is 0 Å². The number of aryl methyl sites for hydroxylation is 2. The van der Waals surface area contributed by atoms with Gasteiger partial charge in [0.15, 0.2) is 0 Å². The Labute approximate surface area is 161 Å². The molecule has 3 aromatic carbocycles. The summed E-state index contributed by atoms with van der Waals surface area (Å²) < 4.78 is 0. The lowest BCUT2D eigenvalue weighted by molar-refractivity contribution is 0.830. The van der Waals surface area contributed by atoms with E-state index in [1.54, 1.807) is 5.57 Å². The Kier molecular flexibility index (Phi) is 3.89. The van der Waals surface area contributed by atoms with Gasteiger partial charge in [0.2, 0.25) is 0 Å². The first-order chi connectivity index (χ1) is 13.2. The summed E-state index contributed by atoms with van der Waals surface area (Å²) in [5.74, 6) is 0. The molecule has 2 N–H and O–H groups in total. The zero-order chi connectivity index (χ0) is 18.4. The van der Waals surface area contributed by atoms with Crippen molar-refractivity contribution in [2.24, 2.45) is 0 Å². The van der Waals surface area contributed by atoms with Crippen LogP contribution in [0.5, 0.6) is 0 Å². The molecule has 5 rings (SSSR count). The highest BCUT2D eigenvalue weighted by atomic mass is 14.5. The summed E-state index contributed by atoms with van der Waals surface area (Å²) in [6.07, 6.45) is 10.4. The molecule has 0 bridgehead atoms. The van der Waals surface area contributed by atoms with Crippen LogP contribution in [0.4, 0.5) is 5.69 Å². The first-order valence-electron chi connectivity index (χ1n) is 9.98. The van der Waals surface area contributed by atoms with E-state index < -0.39 is 0 Å². The van der Waals surface area contributed by atoms with Gasteiger partial charge in [0.1, 0.15) is 0 Å². The second-order valence-corrected chi connectivity index (χ2v) is 7.93. The topological polar surface area (TPSA) is 26.0 Å². The highest BCUT2D eigenvalue weighted by Crippen LogP contribution is 2.41.